The predicted octanol–water partition coefficient (Wildman–Crippen LogP) is 3.96. The van der Waals surface area contributed by atoms with Gasteiger partial charge in [0.1, 0.15) is 9.81 Å². The molecule has 1 aliphatic carbocycles. The molecule has 18 heavy (non-hydrogen) atoms. The number of alkyl halides is 1. The third-order valence-electron chi connectivity index (χ3n) is 3.59. The topological polar surface area (TPSA) is 30.4 Å². The standard InChI is InChI=1S/C14H23IN2O/c1-9(2)17-11-7-6-8-14(4,5)12(11)18-13(17)16-10(3)15/h9-10H,6-8H2,1-5H3/b16-13-. The number of rotatable bonds is 2. The third-order valence-corrected chi connectivity index (χ3v) is 3.87. The van der Waals surface area contributed by atoms with Crippen molar-refractivity contribution in [3.8, 4) is 0 Å². The van der Waals surface area contributed by atoms with Crippen molar-refractivity contribution in [2.45, 2.75) is 69.4 Å². The number of oxazole rings is 1. The summed E-state index contributed by atoms with van der Waals surface area (Å²) in [6, 6.07) is 0.403. The zero-order chi connectivity index (χ0) is 13.5. The summed E-state index contributed by atoms with van der Waals surface area (Å²) >= 11 is 2.32. The van der Waals surface area contributed by atoms with Crippen molar-refractivity contribution in [3.05, 3.63) is 17.1 Å². The number of hydrogen-bond donors (Lipinski definition) is 0. The van der Waals surface area contributed by atoms with Crippen LogP contribution in [0.5, 0.6) is 0 Å². The Morgan fingerprint density at radius 3 is 2.56 bits per heavy atom. The Balaban J connectivity index is 2.67. The highest BCUT2D eigenvalue weighted by atomic mass is 127. The first-order valence-corrected chi connectivity index (χ1v) is 8.00. The third kappa shape index (κ3) is 2.53. The molecule has 4 heteroatoms. The monoisotopic (exact) mass is 362 g/mol. The molecule has 0 fully saturated rings. The van der Waals surface area contributed by atoms with E-state index in [2.05, 4.69) is 66.8 Å². The van der Waals surface area contributed by atoms with Crippen LogP contribution in [-0.2, 0) is 11.8 Å². The molecule has 0 saturated heterocycles. The van der Waals surface area contributed by atoms with Crippen LogP contribution in [0.15, 0.2) is 9.41 Å². The second-order valence-electron chi connectivity index (χ2n) is 6.06. The van der Waals surface area contributed by atoms with E-state index >= 15 is 0 Å². The van der Waals surface area contributed by atoms with Crippen LogP contribution < -0.4 is 5.68 Å². The summed E-state index contributed by atoms with van der Waals surface area (Å²) in [5, 5.41) is 0. The molecular weight excluding hydrogens is 339 g/mol. The van der Waals surface area contributed by atoms with E-state index in [1.54, 1.807) is 0 Å². The molecule has 1 heterocycles. The minimum atomic E-state index is 0.145. The van der Waals surface area contributed by atoms with Gasteiger partial charge in [-0.2, -0.15) is 0 Å². The molecule has 0 spiro atoms. The molecule has 1 atom stereocenters. The molecule has 1 aliphatic rings. The van der Waals surface area contributed by atoms with Gasteiger partial charge in [0.25, 0.3) is 5.68 Å². The van der Waals surface area contributed by atoms with Crippen LogP contribution in [0.1, 0.15) is 65.0 Å². The number of nitrogens with zero attached hydrogens (tertiary/aromatic N) is 2. The fourth-order valence-electron chi connectivity index (χ4n) is 2.77. The van der Waals surface area contributed by atoms with Crippen LogP contribution in [0.4, 0.5) is 0 Å². The van der Waals surface area contributed by atoms with Crippen molar-refractivity contribution in [1.29, 1.82) is 0 Å². The smallest absolute Gasteiger partial charge is 0.298 e. The maximum atomic E-state index is 6.12. The molecule has 102 valence electrons. The van der Waals surface area contributed by atoms with Gasteiger partial charge in [0.2, 0.25) is 0 Å². The van der Waals surface area contributed by atoms with Crippen molar-refractivity contribution < 1.29 is 4.42 Å². The molecule has 2 rings (SSSR count). The molecule has 0 aromatic carbocycles. The SMILES string of the molecule is CC(I)/N=c1\oc2c(n1C(C)C)CCCC2(C)C. The molecule has 0 N–H and O–H groups in total. The Bertz CT molecular complexity index is 494. The largest absolute Gasteiger partial charge is 0.428 e. The van der Waals surface area contributed by atoms with Crippen LogP contribution in [0.25, 0.3) is 0 Å². The molecule has 0 aliphatic heterocycles. The van der Waals surface area contributed by atoms with Gasteiger partial charge in [-0.15, -0.1) is 0 Å². The second kappa shape index (κ2) is 5.02. The lowest BCUT2D eigenvalue weighted by Gasteiger charge is -2.28. The average Bonchev–Trinajstić information content (AvgIpc) is 2.56. The molecule has 0 saturated carbocycles. The van der Waals surface area contributed by atoms with Gasteiger partial charge in [-0.05, 0) is 40.0 Å². The zero-order valence-electron chi connectivity index (χ0n) is 12.0. The zero-order valence-corrected chi connectivity index (χ0v) is 14.1. The van der Waals surface area contributed by atoms with Crippen LogP contribution in [0.2, 0.25) is 0 Å². The Morgan fingerprint density at radius 2 is 2.00 bits per heavy atom. The number of fused-ring (bicyclic) bond motifs is 1. The van der Waals surface area contributed by atoms with Gasteiger partial charge < -0.3 is 4.42 Å². The van der Waals surface area contributed by atoms with E-state index in [4.69, 9.17) is 4.42 Å². The highest BCUT2D eigenvalue weighted by molar-refractivity contribution is 14.1. The van der Waals surface area contributed by atoms with Gasteiger partial charge >= 0.3 is 0 Å². The maximum absolute atomic E-state index is 6.12. The van der Waals surface area contributed by atoms with Crippen molar-refractivity contribution in [3.63, 3.8) is 0 Å². The average molecular weight is 362 g/mol. The first kappa shape index (κ1) is 14.2. The Kier molecular flexibility index (Phi) is 3.95. The molecule has 0 radical (unpaired) electrons. The van der Waals surface area contributed by atoms with E-state index < -0.39 is 0 Å². The molecule has 3 nitrogen and oxygen atoms in total. The molecular formula is C14H23IN2O. The molecule has 1 aromatic heterocycles. The van der Waals surface area contributed by atoms with Crippen molar-refractivity contribution in [2.24, 2.45) is 4.99 Å². The minimum Gasteiger partial charge on any atom is -0.428 e. The van der Waals surface area contributed by atoms with Crippen molar-refractivity contribution in [1.82, 2.24) is 4.57 Å². The summed E-state index contributed by atoms with van der Waals surface area (Å²) in [5.41, 5.74) is 2.30. The number of halogens is 1. The van der Waals surface area contributed by atoms with Gasteiger partial charge in [-0.1, -0.05) is 36.4 Å². The summed E-state index contributed by atoms with van der Waals surface area (Å²) in [4.78, 5) is 4.63. The lowest BCUT2D eigenvalue weighted by Crippen LogP contribution is -2.25. The molecule has 1 unspecified atom stereocenters. The summed E-state index contributed by atoms with van der Waals surface area (Å²) in [7, 11) is 0. The maximum Gasteiger partial charge on any atom is 0.298 e. The van der Waals surface area contributed by atoms with Gasteiger partial charge in [0.15, 0.2) is 0 Å². The highest BCUT2D eigenvalue weighted by Gasteiger charge is 2.34. The minimum absolute atomic E-state index is 0.145. The number of aromatic nitrogens is 1. The van der Waals surface area contributed by atoms with Gasteiger partial charge in [0, 0.05) is 11.5 Å². The van der Waals surface area contributed by atoms with E-state index in [1.165, 1.54) is 18.5 Å². The summed E-state index contributed by atoms with van der Waals surface area (Å²) in [6.45, 7) is 11.0. The fourth-order valence-corrected chi connectivity index (χ4v) is 3.01. The second-order valence-corrected chi connectivity index (χ2v) is 7.87. The van der Waals surface area contributed by atoms with Gasteiger partial charge in [-0.3, -0.25) is 4.57 Å². The van der Waals surface area contributed by atoms with Gasteiger partial charge in [-0.25, -0.2) is 4.99 Å². The van der Waals surface area contributed by atoms with Crippen molar-refractivity contribution in [2.75, 3.05) is 0 Å². The van der Waals surface area contributed by atoms with Crippen molar-refractivity contribution >= 4 is 22.6 Å². The van der Waals surface area contributed by atoms with Crippen LogP contribution >= 0.6 is 22.6 Å². The van der Waals surface area contributed by atoms with E-state index in [0.29, 0.717) is 6.04 Å². The Morgan fingerprint density at radius 1 is 1.33 bits per heavy atom. The van der Waals surface area contributed by atoms with Gasteiger partial charge in [0.05, 0.1) is 5.69 Å². The molecule has 0 amide bonds. The van der Waals surface area contributed by atoms with Crippen LogP contribution in [0, 0.1) is 0 Å². The number of hydrogen-bond acceptors (Lipinski definition) is 2. The van der Waals surface area contributed by atoms with Crippen LogP contribution in [0.3, 0.4) is 0 Å². The summed E-state index contributed by atoms with van der Waals surface area (Å²) in [5.74, 6) is 1.15. The first-order chi connectivity index (χ1) is 8.33. The lowest BCUT2D eigenvalue weighted by atomic mass is 9.79. The normalized spacial score (nSPS) is 21.2. The van der Waals surface area contributed by atoms with E-state index in [9.17, 15) is 0 Å². The first-order valence-electron chi connectivity index (χ1n) is 6.75. The Labute approximate surface area is 123 Å². The van der Waals surface area contributed by atoms with Crippen LogP contribution in [-0.4, -0.2) is 8.62 Å². The van der Waals surface area contributed by atoms with E-state index in [0.717, 1.165) is 17.9 Å². The fraction of sp³-hybridized carbons (Fsp3) is 0.786. The Hall–Kier alpha value is -0.260. The lowest BCUT2D eigenvalue weighted by molar-refractivity contribution is 0.319. The highest BCUT2D eigenvalue weighted by Crippen LogP contribution is 2.36. The summed E-state index contributed by atoms with van der Waals surface area (Å²) in [6.07, 6.45) is 3.56. The molecule has 0 bridgehead atoms. The predicted molar refractivity (Wildman–Crippen MR) is 82.1 cm³/mol. The molecule has 1 aromatic rings. The summed E-state index contributed by atoms with van der Waals surface area (Å²) < 4.78 is 8.64. The van der Waals surface area contributed by atoms with E-state index in [-0.39, 0.29) is 9.46 Å². The van der Waals surface area contributed by atoms with E-state index in [1.807, 2.05) is 0 Å². The quantitative estimate of drug-likeness (QED) is 0.445.